The molecule has 0 aromatic rings. The average molecular weight is 225 g/mol. The van der Waals surface area contributed by atoms with Gasteiger partial charge in [-0.1, -0.05) is 13.8 Å². The Kier molecular flexibility index (Phi) is 3.60. The Morgan fingerprint density at radius 2 is 2.19 bits per heavy atom. The molecule has 0 radical (unpaired) electrons. The zero-order chi connectivity index (χ0) is 11.6. The van der Waals surface area contributed by atoms with Crippen LogP contribution in [0, 0.1) is 11.3 Å². The van der Waals surface area contributed by atoms with Crippen molar-refractivity contribution in [2.24, 2.45) is 11.3 Å². The molecule has 1 saturated heterocycles. The van der Waals surface area contributed by atoms with Gasteiger partial charge in [0, 0.05) is 6.61 Å². The van der Waals surface area contributed by atoms with E-state index in [1.807, 2.05) is 0 Å². The third kappa shape index (κ3) is 2.43. The van der Waals surface area contributed by atoms with Gasteiger partial charge in [-0.25, -0.2) is 0 Å². The SMILES string of the molecule is CCCNCC1CC12CCOC(C)(CC)C2. The van der Waals surface area contributed by atoms with Gasteiger partial charge in [0.25, 0.3) is 0 Å². The van der Waals surface area contributed by atoms with Crippen LogP contribution in [0.25, 0.3) is 0 Å². The summed E-state index contributed by atoms with van der Waals surface area (Å²) < 4.78 is 5.94. The second kappa shape index (κ2) is 4.66. The third-order valence-electron chi connectivity index (χ3n) is 4.70. The van der Waals surface area contributed by atoms with Crippen LogP contribution in [0.4, 0.5) is 0 Å². The molecule has 1 saturated carbocycles. The summed E-state index contributed by atoms with van der Waals surface area (Å²) in [5, 5.41) is 3.57. The van der Waals surface area contributed by atoms with Crippen molar-refractivity contribution < 1.29 is 4.74 Å². The van der Waals surface area contributed by atoms with Crippen LogP contribution in [0.3, 0.4) is 0 Å². The molecule has 16 heavy (non-hydrogen) atoms. The number of hydrogen-bond donors (Lipinski definition) is 1. The number of ether oxygens (including phenoxy) is 1. The van der Waals surface area contributed by atoms with E-state index in [1.165, 1.54) is 38.8 Å². The zero-order valence-corrected chi connectivity index (χ0v) is 11.1. The zero-order valence-electron chi connectivity index (χ0n) is 11.1. The van der Waals surface area contributed by atoms with Crippen LogP contribution < -0.4 is 5.32 Å². The predicted molar refractivity (Wildman–Crippen MR) is 67.6 cm³/mol. The summed E-state index contributed by atoms with van der Waals surface area (Å²) in [4.78, 5) is 0. The Bertz CT molecular complexity index is 243. The first-order chi connectivity index (χ1) is 7.64. The van der Waals surface area contributed by atoms with Crippen LogP contribution in [0.5, 0.6) is 0 Å². The van der Waals surface area contributed by atoms with Crippen molar-refractivity contribution >= 4 is 0 Å². The lowest BCUT2D eigenvalue weighted by molar-refractivity contribution is -0.0963. The Balaban J connectivity index is 1.82. The molecular formula is C14H27NO. The smallest absolute Gasteiger partial charge is 0.0657 e. The van der Waals surface area contributed by atoms with Crippen LogP contribution >= 0.6 is 0 Å². The molecule has 0 amide bonds. The van der Waals surface area contributed by atoms with E-state index in [1.54, 1.807) is 0 Å². The molecule has 1 aliphatic heterocycles. The minimum absolute atomic E-state index is 0.164. The van der Waals surface area contributed by atoms with Crippen LogP contribution in [0.1, 0.15) is 52.9 Å². The Morgan fingerprint density at radius 1 is 1.38 bits per heavy atom. The normalized spacial score (nSPS) is 42.6. The van der Waals surface area contributed by atoms with Gasteiger partial charge in [0.05, 0.1) is 5.60 Å². The molecule has 1 aliphatic carbocycles. The first-order valence-corrected chi connectivity index (χ1v) is 6.99. The van der Waals surface area contributed by atoms with Crippen molar-refractivity contribution in [2.45, 2.75) is 58.5 Å². The molecule has 2 aliphatic rings. The molecule has 0 aromatic carbocycles. The van der Waals surface area contributed by atoms with Crippen molar-refractivity contribution in [3.63, 3.8) is 0 Å². The molecule has 1 heterocycles. The van der Waals surface area contributed by atoms with Crippen molar-refractivity contribution in [1.29, 1.82) is 0 Å². The molecule has 2 rings (SSSR count). The Labute approximate surface area is 100 Å². The molecule has 0 bridgehead atoms. The van der Waals surface area contributed by atoms with Gasteiger partial charge in [-0.15, -0.1) is 0 Å². The topological polar surface area (TPSA) is 21.3 Å². The minimum atomic E-state index is 0.164. The molecule has 1 N–H and O–H groups in total. The summed E-state index contributed by atoms with van der Waals surface area (Å²) >= 11 is 0. The number of hydrogen-bond acceptors (Lipinski definition) is 2. The Morgan fingerprint density at radius 3 is 2.88 bits per heavy atom. The monoisotopic (exact) mass is 225 g/mol. The van der Waals surface area contributed by atoms with E-state index in [4.69, 9.17) is 4.74 Å². The van der Waals surface area contributed by atoms with Gasteiger partial charge in [0.2, 0.25) is 0 Å². The van der Waals surface area contributed by atoms with Gasteiger partial charge in [-0.3, -0.25) is 0 Å². The summed E-state index contributed by atoms with van der Waals surface area (Å²) in [6.45, 7) is 10.2. The lowest BCUT2D eigenvalue weighted by atomic mass is 9.81. The van der Waals surface area contributed by atoms with Crippen molar-refractivity contribution in [3.05, 3.63) is 0 Å². The van der Waals surface area contributed by atoms with Crippen molar-refractivity contribution in [2.75, 3.05) is 19.7 Å². The molecule has 2 fully saturated rings. The lowest BCUT2D eigenvalue weighted by Gasteiger charge is -2.39. The van der Waals surface area contributed by atoms with E-state index in [2.05, 4.69) is 26.1 Å². The number of nitrogens with one attached hydrogen (secondary N) is 1. The van der Waals surface area contributed by atoms with Crippen LogP contribution in [-0.2, 0) is 4.74 Å². The fraction of sp³-hybridized carbons (Fsp3) is 1.00. The maximum Gasteiger partial charge on any atom is 0.0657 e. The quantitative estimate of drug-likeness (QED) is 0.726. The van der Waals surface area contributed by atoms with Crippen molar-refractivity contribution in [1.82, 2.24) is 5.32 Å². The van der Waals surface area contributed by atoms with Gasteiger partial charge in [-0.2, -0.15) is 0 Å². The summed E-state index contributed by atoms with van der Waals surface area (Å²) in [7, 11) is 0. The van der Waals surface area contributed by atoms with Gasteiger partial charge < -0.3 is 10.1 Å². The molecule has 3 atom stereocenters. The van der Waals surface area contributed by atoms with E-state index in [9.17, 15) is 0 Å². The van der Waals surface area contributed by atoms with Gasteiger partial charge >= 0.3 is 0 Å². The standard InChI is InChI=1S/C14H27NO/c1-4-7-15-10-12-9-14(12)6-8-16-13(3,5-2)11-14/h12,15H,4-11H2,1-3H3. The highest BCUT2D eigenvalue weighted by molar-refractivity contribution is 5.07. The number of rotatable bonds is 5. The fourth-order valence-electron chi connectivity index (χ4n) is 3.31. The summed E-state index contributed by atoms with van der Waals surface area (Å²) in [5.41, 5.74) is 0.807. The molecule has 94 valence electrons. The summed E-state index contributed by atoms with van der Waals surface area (Å²) in [6, 6.07) is 0. The third-order valence-corrected chi connectivity index (χ3v) is 4.70. The molecule has 2 nitrogen and oxygen atoms in total. The highest BCUT2D eigenvalue weighted by Gasteiger charge is 2.57. The molecule has 0 aromatic heterocycles. The van der Waals surface area contributed by atoms with E-state index < -0.39 is 0 Å². The second-order valence-electron chi connectivity index (χ2n) is 6.05. The summed E-state index contributed by atoms with van der Waals surface area (Å²) in [5.74, 6) is 0.925. The molecule has 1 spiro atoms. The van der Waals surface area contributed by atoms with Crippen LogP contribution in [0.15, 0.2) is 0 Å². The van der Waals surface area contributed by atoms with Crippen molar-refractivity contribution in [3.8, 4) is 0 Å². The van der Waals surface area contributed by atoms with Crippen LogP contribution in [-0.4, -0.2) is 25.3 Å². The molecule has 3 unspecified atom stereocenters. The van der Waals surface area contributed by atoms with Gasteiger partial charge in [-0.05, 0) is 63.5 Å². The Hall–Kier alpha value is -0.0800. The highest BCUT2D eigenvalue weighted by atomic mass is 16.5. The molecular weight excluding hydrogens is 198 g/mol. The fourth-order valence-corrected chi connectivity index (χ4v) is 3.31. The van der Waals surface area contributed by atoms with E-state index >= 15 is 0 Å². The van der Waals surface area contributed by atoms with Gasteiger partial charge in [0.1, 0.15) is 0 Å². The highest BCUT2D eigenvalue weighted by Crippen LogP contribution is 2.62. The minimum Gasteiger partial charge on any atom is -0.375 e. The van der Waals surface area contributed by atoms with E-state index in [-0.39, 0.29) is 5.60 Å². The maximum absolute atomic E-state index is 5.94. The van der Waals surface area contributed by atoms with Crippen LogP contribution in [0.2, 0.25) is 0 Å². The predicted octanol–water partition coefficient (Wildman–Crippen LogP) is 2.97. The second-order valence-corrected chi connectivity index (χ2v) is 6.05. The largest absolute Gasteiger partial charge is 0.375 e. The van der Waals surface area contributed by atoms with E-state index in [0.29, 0.717) is 5.41 Å². The maximum atomic E-state index is 5.94. The average Bonchev–Trinajstić information content (AvgIpc) is 2.91. The first kappa shape index (κ1) is 12.4. The lowest BCUT2D eigenvalue weighted by Crippen LogP contribution is -2.38. The molecule has 2 heteroatoms. The van der Waals surface area contributed by atoms with Gasteiger partial charge in [0.15, 0.2) is 0 Å². The summed E-state index contributed by atoms with van der Waals surface area (Å²) in [6.07, 6.45) is 6.41. The first-order valence-electron chi connectivity index (χ1n) is 6.99. The van der Waals surface area contributed by atoms with E-state index in [0.717, 1.165) is 18.9 Å².